The molecule has 3 aromatic carbocycles. The molecule has 0 atom stereocenters. The highest BCUT2D eigenvalue weighted by Gasteiger charge is 2.17. The zero-order valence-corrected chi connectivity index (χ0v) is 22.3. The van der Waals surface area contributed by atoms with Gasteiger partial charge in [0.2, 0.25) is 0 Å². The Morgan fingerprint density at radius 2 is 1.70 bits per heavy atom. The van der Waals surface area contributed by atoms with E-state index in [9.17, 15) is 4.79 Å². The fourth-order valence-electron chi connectivity index (χ4n) is 3.64. The second kappa shape index (κ2) is 11.9. The summed E-state index contributed by atoms with van der Waals surface area (Å²) in [5, 5.41) is 13.5. The number of hydrogen-bond acceptors (Lipinski definition) is 6. The van der Waals surface area contributed by atoms with Crippen LogP contribution in [0.25, 0.3) is 17.1 Å². The first-order valence-electron chi connectivity index (χ1n) is 12.1. The lowest BCUT2D eigenvalue weighted by Gasteiger charge is -2.18. The summed E-state index contributed by atoms with van der Waals surface area (Å²) in [6.07, 6.45) is 1.64. The van der Waals surface area contributed by atoms with Gasteiger partial charge in [-0.05, 0) is 47.7 Å². The molecule has 0 saturated heterocycles. The first-order valence-corrected chi connectivity index (χ1v) is 13.1. The minimum atomic E-state index is -0.227. The van der Waals surface area contributed by atoms with Crippen LogP contribution in [-0.2, 0) is 10.2 Å². The quantitative estimate of drug-likeness (QED) is 0.172. The normalized spacial score (nSPS) is 11.6. The molecular weight excluding hydrogens is 482 g/mol. The summed E-state index contributed by atoms with van der Waals surface area (Å²) >= 11 is 1.30. The number of thioether (sulfide) groups is 1. The molecule has 1 heterocycles. The van der Waals surface area contributed by atoms with Crippen molar-refractivity contribution in [2.75, 3.05) is 12.4 Å². The summed E-state index contributed by atoms with van der Waals surface area (Å²) < 4.78 is 7.53. The maximum Gasteiger partial charge on any atom is 0.250 e. The van der Waals surface area contributed by atoms with Crippen molar-refractivity contribution in [2.24, 2.45) is 5.10 Å². The van der Waals surface area contributed by atoms with Crippen LogP contribution in [0.1, 0.15) is 38.8 Å². The minimum Gasteiger partial charge on any atom is -0.494 e. The standard InChI is InChI=1S/C29H31N5O2S/c1-5-36-25-17-15-24(16-18-25)34-27(22-9-7-6-8-10-22)32-33-28(34)37-20-26(35)31-30-19-21-11-13-23(14-12-21)29(2,3)4/h6-19H,5,20H2,1-4H3,(H,31,35)/b30-19-. The molecule has 190 valence electrons. The summed E-state index contributed by atoms with van der Waals surface area (Å²) in [7, 11) is 0. The summed E-state index contributed by atoms with van der Waals surface area (Å²) in [5.41, 5.74) is 6.67. The molecule has 0 aliphatic carbocycles. The molecule has 0 spiro atoms. The third-order valence-corrected chi connectivity index (χ3v) is 6.51. The van der Waals surface area contributed by atoms with Crippen LogP contribution in [0.2, 0.25) is 0 Å². The molecule has 0 saturated carbocycles. The van der Waals surface area contributed by atoms with Gasteiger partial charge in [-0.25, -0.2) is 5.43 Å². The lowest BCUT2D eigenvalue weighted by atomic mass is 9.87. The number of aromatic nitrogens is 3. The molecule has 0 radical (unpaired) electrons. The fraction of sp³-hybridized carbons (Fsp3) is 0.241. The average Bonchev–Trinajstić information content (AvgIpc) is 3.32. The second-order valence-electron chi connectivity index (χ2n) is 9.39. The molecule has 4 rings (SSSR count). The van der Waals surface area contributed by atoms with Crippen molar-refractivity contribution in [3.05, 3.63) is 90.0 Å². The SMILES string of the molecule is CCOc1ccc(-n2c(SCC(=O)N/N=C\c3ccc(C(C)(C)C)cc3)nnc2-c2ccccc2)cc1. The lowest BCUT2D eigenvalue weighted by Crippen LogP contribution is -2.20. The number of nitrogens with one attached hydrogen (secondary N) is 1. The molecule has 7 nitrogen and oxygen atoms in total. The topological polar surface area (TPSA) is 81.4 Å². The Labute approximate surface area is 222 Å². The van der Waals surface area contributed by atoms with Gasteiger partial charge in [0.25, 0.3) is 5.91 Å². The lowest BCUT2D eigenvalue weighted by molar-refractivity contribution is -0.118. The van der Waals surface area contributed by atoms with E-state index in [0.29, 0.717) is 17.6 Å². The van der Waals surface area contributed by atoms with Crippen LogP contribution in [0.3, 0.4) is 0 Å². The number of rotatable bonds is 9. The smallest absolute Gasteiger partial charge is 0.250 e. The van der Waals surface area contributed by atoms with Gasteiger partial charge in [-0.3, -0.25) is 9.36 Å². The summed E-state index contributed by atoms with van der Waals surface area (Å²) in [4.78, 5) is 12.5. The Hall–Kier alpha value is -3.91. The van der Waals surface area contributed by atoms with Crippen LogP contribution < -0.4 is 10.2 Å². The van der Waals surface area contributed by atoms with Gasteiger partial charge in [0, 0.05) is 11.3 Å². The Balaban J connectivity index is 1.46. The predicted octanol–water partition coefficient (Wildman–Crippen LogP) is 5.87. The van der Waals surface area contributed by atoms with Gasteiger partial charge in [-0.1, -0.05) is 87.1 Å². The number of hydrazone groups is 1. The van der Waals surface area contributed by atoms with E-state index in [1.54, 1.807) is 6.21 Å². The number of hydrogen-bond donors (Lipinski definition) is 1. The van der Waals surface area contributed by atoms with Crippen LogP contribution in [0, 0.1) is 0 Å². The largest absolute Gasteiger partial charge is 0.494 e. The highest BCUT2D eigenvalue weighted by molar-refractivity contribution is 7.99. The number of ether oxygens (including phenoxy) is 1. The predicted molar refractivity (Wildman–Crippen MR) is 150 cm³/mol. The third-order valence-electron chi connectivity index (χ3n) is 5.58. The number of carbonyl (C=O) groups excluding carboxylic acids is 1. The van der Waals surface area contributed by atoms with E-state index in [1.807, 2.05) is 78.2 Å². The molecule has 0 fully saturated rings. The van der Waals surface area contributed by atoms with Crippen molar-refractivity contribution in [3.63, 3.8) is 0 Å². The van der Waals surface area contributed by atoms with Crippen LogP contribution >= 0.6 is 11.8 Å². The first kappa shape index (κ1) is 26.2. The van der Waals surface area contributed by atoms with E-state index < -0.39 is 0 Å². The van der Waals surface area contributed by atoms with Gasteiger partial charge in [0.05, 0.1) is 18.6 Å². The zero-order valence-electron chi connectivity index (χ0n) is 21.5. The van der Waals surface area contributed by atoms with Crippen molar-refractivity contribution >= 4 is 23.9 Å². The Morgan fingerprint density at radius 3 is 2.35 bits per heavy atom. The molecule has 4 aromatic rings. The maximum atomic E-state index is 12.5. The summed E-state index contributed by atoms with van der Waals surface area (Å²) in [6, 6.07) is 25.7. The maximum absolute atomic E-state index is 12.5. The van der Waals surface area contributed by atoms with Crippen molar-refractivity contribution in [3.8, 4) is 22.8 Å². The average molecular weight is 514 g/mol. The highest BCUT2D eigenvalue weighted by atomic mass is 32.2. The van der Waals surface area contributed by atoms with Crippen molar-refractivity contribution < 1.29 is 9.53 Å². The molecule has 1 N–H and O–H groups in total. The molecule has 0 aliphatic rings. The third kappa shape index (κ3) is 6.86. The van der Waals surface area contributed by atoms with Gasteiger partial charge in [-0.2, -0.15) is 5.10 Å². The van der Waals surface area contributed by atoms with E-state index in [0.717, 1.165) is 22.6 Å². The molecule has 8 heteroatoms. The van der Waals surface area contributed by atoms with E-state index in [2.05, 4.69) is 53.6 Å². The van der Waals surface area contributed by atoms with Crippen molar-refractivity contribution in [2.45, 2.75) is 38.3 Å². The number of amides is 1. The Kier molecular flexibility index (Phi) is 8.40. The van der Waals surface area contributed by atoms with Crippen LogP contribution in [0.15, 0.2) is 89.1 Å². The molecule has 1 amide bonds. The monoisotopic (exact) mass is 513 g/mol. The Morgan fingerprint density at radius 1 is 1.00 bits per heavy atom. The molecule has 0 unspecified atom stereocenters. The Bertz CT molecular complexity index is 1340. The van der Waals surface area contributed by atoms with Crippen molar-refractivity contribution in [1.82, 2.24) is 20.2 Å². The second-order valence-corrected chi connectivity index (χ2v) is 10.3. The van der Waals surface area contributed by atoms with Gasteiger partial charge < -0.3 is 4.74 Å². The van der Waals surface area contributed by atoms with Crippen molar-refractivity contribution in [1.29, 1.82) is 0 Å². The van der Waals surface area contributed by atoms with Crippen LogP contribution in [0.4, 0.5) is 0 Å². The van der Waals surface area contributed by atoms with E-state index >= 15 is 0 Å². The van der Waals surface area contributed by atoms with E-state index in [-0.39, 0.29) is 17.1 Å². The number of carbonyl (C=O) groups is 1. The highest BCUT2D eigenvalue weighted by Crippen LogP contribution is 2.29. The molecular formula is C29H31N5O2S. The van der Waals surface area contributed by atoms with Gasteiger partial charge in [0.1, 0.15) is 5.75 Å². The zero-order chi connectivity index (χ0) is 26.3. The first-order chi connectivity index (χ1) is 17.8. The van der Waals surface area contributed by atoms with Gasteiger partial charge in [-0.15, -0.1) is 10.2 Å². The number of benzene rings is 3. The summed E-state index contributed by atoms with van der Waals surface area (Å²) in [5.74, 6) is 1.41. The molecule has 0 aliphatic heterocycles. The van der Waals surface area contributed by atoms with Crippen LogP contribution in [0.5, 0.6) is 5.75 Å². The summed E-state index contributed by atoms with van der Waals surface area (Å²) in [6.45, 7) is 9.07. The number of nitrogens with zero attached hydrogens (tertiary/aromatic N) is 4. The molecule has 37 heavy (non-hydrogen) atoms. The van der Waals surface area contributed by atoms with E-state index in [1.165, 1.54) is 17.3 Å². The molecule has 0 bridgehead atoms. The van der Waals surface area contributed by atoms with Crippen LogP contribution in [-0.4, -0.2) is 39.2 Å². The van der Waals surface area contributed by atoms with Gasteiger partial charge >= 0.3 is 0 Å². The molecule has 1 aromatic heterocycles. The van der Waals surface area contributed by atoms with Gasteiger partial charge in [0.15, 0.2) is 11.0 Å². The van der Waals surface area contributed by atoms with E-state index in [4.69, 9.17) is 4.74 Å². The minimum absolute atomic E-state index is 0.0906. The fourth-order valence-corrected chi connectivity index (χ4v) is 4.38.